The number of carbonyl (C=O) groups excluding carboxylic acids is 2. The Bertz CT molecular complexity index is 520. The van der Waals surface area contributed by atoms with E-state index in [0.717, 1.165) is 44.4 Å². The molecule has 0 rings (SSSR count). The zero-order valence-corrected chi connectivity index (χ0v) is 25.6. The lowest BCUT2D eigenvalue weighted by atomic mass is 10.0. The van der Waals surface area contributed by atoms with Crippen molar-refractivity contribution in [1.82, 2.24) is 0 Å². The summed E-state index contributed by atoms with van der Waals surface area (Å²) in [4.78, 5) is 23.9. The molecule has 226 valence electrons. The zero-order valence-electron chi connectivity index (χ0n) is 25.6. The highest BCUT2D eigenvalue weighted by atomic mass is 16.6. The molecule has 0 saturated heterocycles. The van der Waals surface area contributed by atoms with Gasteiger partial charge in [0, 0.05) is 12.8 Å². The molecular formula is C33H64O5. The Morgan fingerprint density at radius 3 is 1.39 bits per heavy atom. The van der Waals surface area contributed by atoms with E-state index in [4.69, 9.17) is 9.47 Å². The molecule has 0 aromatic heterocycles. The van der Waals surface area contributed by atoms with Crippen LogP contribution in [-0.4, -0.2) is 36.4 Å². The third kappa shape index (κ3) is 27.9. The van der Waals surface area contributed by atoms with Crippen molar-refractivity contribution in [2.24, 2.45) is 5.92 Å². The highest BCUT2D eigenvalue weighted by Gasteiger charge is 2.16. The van der Waals surface area contributed by atoms with Gasteiger partial charge < -0.3 is 14.6 Å². The van der Waals surface area contributed by atoms with Crippen LogP contribution in [0.3, 0.4) is 0 Å². The number of hydrogen-bond donors (Lipinski definition) is 1. The summed E-state index contributed by atoms with van der Waals surface area (Å²) in [6, 6.07) is 0. The minimum absolute atomic E-state index is 0.0597. The van der Waals surface area contributed by atoms with Gasteiger partial charge in [0.1, 0.15) is 6.61 Å². The zero-order chi connectivity index (χ0) is 28.1. The summed E-state index contributed by atoms with van der Waals surface area (Å²) in [7, 11) is 0. The van der Waals surface area contributed by atoms with Crippen molar-refractivity contribution in [3.8, 4) is 0 Å². The average molecular weight is 541 g/mol. The van der Waals surface area contributed by atoms with E-state index in [9.17, 15) is 14.7 Å². The maximum Gasteiger partial charge on any atom is 0.306 e. The summed E-state index contributed by atoms with van der Waals surface area (Å²) in [5.74, 6) is 0.261. The quantitative estimate of drug-likeness (QED) is 0.0755. The highest BCUT2D eigenvalue weighted by molar-refractivity contribution is 5.70. The summed E-state index contributed by atoms with van der Waals surface area (Å²) in [6.07, 6.45) is 27.4. The summed E-state index contributed by atoms with van der Waals surface area (Å²) >= 11 is 0. The number of hydrogen-bond acceptors (Lipinski definition) is 5. The van der Waals surface area contributed by atoms with E-state index in [1.54, 1.807) is 0 Å². The van der Waals surface area contributed by atoms with Gasteiger partial charge in [0.25, 0.3) is 0 Å². The number of ether oxygens (including phenoxy) is 2. The Morgan fingerprint density at radius 1 is 0.579 bits per heavy atom. The first kappa shape index (κ1) is 36.9. The molecule has 1 atom stereocenters. The van der Waals surface area contributed by atoms with Crippen molar-refractivity contribution >= 4 is 11.9 Å². The van der Waals surface area contributed by atoms with Gasteiger partial charge in [-0.3, -0.25) is 9.59 Å². The van der Waals surface area contributed by atoms with E-state index >= 15 is 0 Å². The van der Waals surface area contributed by atoms with Crippen LogP contribution < -0.4 is 0 Å². The average Bonchev–Trinajstić information content (AvgIpc) is 2.90. The number of aliphatic hydroxyl groups excluding tert-OH is 1. The summed E-state index contributed by atoms with van der Waals surface area (Å²) in [5, 5.41) is 9.46. The maximum atomic E-state index is 12.1. The molecule has 0 aromatic rings. The number of rotatable bonds is 29. The van der Waals surface area contributed by atoms with Crippen molar-refractivity contribution in [2.75, 3.05) is 13.2 Å². The predicted octanol–water partition coefficient (Wildman–Crippen LogP) is 9.47. The molecule has 0 unspecified atom stereocenters. The van der Waals surface area contributed by atoms with Crippen LogP contribution in [0, 0.1) is 5.92 Å². The Kier molecular flexibility index (Phi) is 28.1. The van der Waals surface area contributed by atoms with Crippen LogP contribution in [0.25, 0.3) is 0 Å². The number of unbranched alkanes of at least 4 members (excludes halogenated alkanes) is 19. The molecule has 0 aliphatic heterocycles. The summed E-state index contributed by atoms with van der Waals surface area (Å²) in [6.45, 7) is 6.44. The molecule has 0 bridgehead atoms. The monoisotopic (exact) mass is 540 g/mol. The van der Waals surface area contributed by atoms with Gasteiger partial charge in [0.05, 0.1) is 6.61 Å². The van der Waals surface area contributed by atoms with Crippen LogP contribution in [-0.2, 0) is 19.1 Å². The third-order valence-electron chi connectivity index (χ3n) is 7.33. The molecule has 0 radical (unpaired) electrons. The van der Waals surface area contributed by atoms with E-state index in [2.05, 4.69) is 20.8 Å². The van der Waals surface area contributed by atoms with Crippen molar-refractivity contribution in [3.63, 3.8) is 0 Å². The van der Waals surface area contributed by atoms with Gasteiger partial charge in [0.15, 0.2) is 6.10 Å². The Morgan fingerprint density at radius 2 is 0.974 bits per heavy atom. The third-order valence-corrected chi connectivity index (χ3v) is 7.33. The van der Waals surface area contributed by atoms with E-state index in [-0.39, 0.29) is 25.2 Å². The molecule has 1 N–H and O–H groups in total. The summed E-state index contributed by atoms with van der Waals surface area (Å²) in [5.41, 5.74) is 0. The van der Waals surface area contributed by atoms with Gasteiger partial charge in [-0.05, 0) is 18.8 Å². The van der Waals surface area contributed by atoms with Crippen molar-refractivity contribution in [2.45, 2.75) is 181 Å². The van der Waals surface area contributed by atoms with Gasteiger partial charge in [0.2, 0.25) is 0 Å². The standard InChI is InChI=1S/C33H64O5/c1-4-5-6-7-16-20-23-26-32(35)37-29-31(28-34)38-33(36)27-24-21-18-15-13-11-9-8-10-12-14-17-19-22-25-30(2)3/h30-31,34H,4-29H2,1-3H3/t31-/m0/s1. The molecule has 0 heterocycles. The number of carbonyl (C=O) groups is 2. The first-order valence-electron chi connectivity index (χ1n) is 16.5. The smallest absolute Gasteiger partial charge is 0.306 e. The SMILES string of the molecule is CCCCCCCCCC(=O)OC[C@H](CO)OC(=O)CCCCCCCCCCCCCCCCC(C)C. The minimum atomic E-state index is -0.759. The first-order valence-corrected chi connectivity index (χ1v) is 16.5. The Balaban J connectivity index is 3.50. The molecule has 5 heteroatoms. The summed E-state index contributed by atoms with van der Waals surface area (Å²) < 4.78 is 10.5. The normalized spacial score (nSPS) is 12.1. The van der Waals surface area contributed by atoms with Crippen molar-refractivity contribution in [3.05, 3.63) is 0 Å². The largest absolute Gasteiger partial charge is 0.462 e. The predicted molar refractivity (Wildman–Crippen MR) is 159 cm³/mol. The number of esters is 2. The number of aliphatic hydroxyl groups is 1. The second kappa shape index (κ2) is 28.9. The van der Waals surface area contributed by atoms with Crippen molar-refractivity contribution in [1.29, 1.82) is 0 Å². The topological polar surface area (TPSA) is 72.8 Å². The van der Waals surface area contributed by atoms with E-state index in [0.29, 0.717) is 12.8 Å². The fourth-order valence-corrected chi connectivity index (χ4v) is 4.80. The van der Waals surface area contributed by atoms with E-state index < -0.39 is 6.10 Å². The van der Waals surface area contributed by atoms with Crippen LogP contribution >= 0.6 is 0 Å². The molecule has 0 saturated carbocycles. The minimum Gasteiger partial charge on any atom is -0.462 e. The van der Waals surface area contributed by atoms with E-state index in [1.165, 1.54) is 103 Å². The fraction of sp³-hybridized carbons (Fsp3) is 0.939. The van der Waals surface area contributed by atoms with Gasteiger partial charge in [-0.1, -0.05) is 149 Å². The maximum absolute atomic E-state index is 12.1. The van der Waals surface area contributed by atoms with Crippen LogP contribution in [0.15, 0.2) is 0 Å². The van der Waals surface area contributed by atoms with Crippen LogP contribution in [0.4, 0.5) is 0 Å². The molecule has 0 fully saturated rings. The van der Waals surface area contributed by atoms with Crippen LogP contribution in [0.5, 0.6) is 0 Å². The lowest BCUT2D eigenvalue weighted by molar-refractivity contribution is -0.161. The fourth-order valence-electron chi connectivity index (χ4n) is 4.80. The van der Waals surface area contributed by atoms with Gasteiger partial charge in [-0.15, -0.1) is 0 Å². The molecule has 0 spiro atoms. The lowest BCUT2D eigenvalue weighted by Gasteiger charge is -2.15. The molecule has 38 heavy (non-hydrogen) atoms. The first-order chi connectivity index (χ1) is 18.5. The molecule has 5 nitrogen and oxygen atoms in total. The molecule has 0 aliphatic carbocycles. The van der Waals surface area contributed by atoms with E-state index in [1.807, 2.05) is 0 Å². The Labute approximate surface area is 236 Å². The lowest BCUT2D eigenvalue weighted by Crippen LogP contribution is -2.28. The second-order valence-electron chi connectivity index (χ2n) is 11.7. The van der Waals surface area contributed by atoms with Crippen LogP contribution in [0.2, 0.25) is 0 Å². The molecular weight excluding hydrogens is 476 g/mol. The van der Waals surface area contributed by atoms with Gasteiger partial charge in [-0.25, -0.2) is 0 Å². The molecule has 0 amide bonds. The van der Waals surface area contributed by atoms with Crippen LogP contribution in [0.1, 0.15) is 175 Å². The van der Waals surface area contributed by atoms with Gasteiger partial charge >= 0.3 is 11.9 Å². The second-order valence-corrected chi connectivity index (χ2v) is 11.7. The molecule has 0 aromatic carbocycles. The van der Waals surface area contributed by atoms with Crippen molar-refractivity contribution < 1.29 is 24.2 Å². The Hall–Kier alpha value is -1.10. The highest BCUT2D eigenvalue weighted by Crippen LogP contribution is 2.15. The molecule has 0 aliphatic rings. The van der Waals surface area contributed by atoms with Gasteiger partial charge in [-0.2, -0.15) is 0 Å².